The van der Waals surface area contributed by atoms with Crippen LogP contribution in [0.15, 0.2) is 33.5 Å². The van der Waals surface area contributed by atoms with Crippen LogP contribution in [0.1, 0.15) is 30.8 Å². The molecular formula is C15H19NO6. The van der Waals surface area contributed by atoms with Crippen LogP contribution in [0.25, 0.3) is 11.0 Å². The van der Waals surface area contributed by atoms with E-state index in [1.54, 1.807) is 18.2 Å². The fourth-order valence-corrected chi connectivity index (χ4v) is 1.81. The first-order chi connectivity index (χ1) is 10.5. The Morgan fingerprint density at radius 3 is 2.64 bits per heavy atom. The summed E-state index contributed by atoms with van der Waals surface area (Å²) < 4.78 is 10.8. The average molecular weight is 309 g/mol. The minimum absolute atomic E-state index is 0.219. The van der Waals surface area contributed by atoms with Crippen molar-refractivity contribution in [2.45, 2.75) is 20.3 Å². The highest BCUT2D eigenvalue weighted by molar-refractivity contribution is 5.89. The molecule has 120 valence electrons. The van der Waals surface area contributed by atoms with Crippen molar-refractivity contribution >= 4 is 16.9 Å². The standard InChI is InChI=1S/C15H16O5.H3NO/c1-9(2)6-7-19-11-4-3-5-12-14(11)10(16)8-13(20-12)15(17)18;1-2/h3-5,8-9H,6-7H2,1-2H3,(H,17,18);2H,1H2. The molecular weight excluding hydrogens is 290 g/mol. The van der Waals surface area contributed by atoms with Crippen LogP contribution < -0.4 is 16.1 Å². The first-order valence-electron chi connectivity index (χ1n) is 6.68. The zero-order valence-corrected chi connectivity index (χ0v) is 12.4. The lowest BCUT2D eigenvalue weighted by Crippen LogP contribution is -2.09. The van der Waals surface area contributed by atoms with Gasteiger partial charge in [0.25, 0.3) is 0 Å². The van der Waals surface area contributed by atoms with Gasteiger partial charge in [-0.1, -0.05) is 19.9 Å². The SMILES string of the molecule is CC(C)CCOc1cccc2oc(C(=O)O)cc(=O)c12.NO. The second-order valence-corrected chi connectivity index (χ2v) is 4.94. The second kappa shape index (κ2) is 8.16. The highest BCUT2D eigenvalue weighted by atomic mass is 16.5. The third-order valence-corrected chi connectivity index (χ3v) is 2.88. The molecule has 0 bridgehead atoms. The molecule has 0 aliphatic heterocycles. The molecule has 4 N–H and O–H groups in total. The summed E-state index contributed by atoms with van der Waals surface area (Å²) >= 11 is 0. The third kappa shape index (κ3) is 4.31. The molecule has 1 aromatic heterocycles. The summed E-state index contributed by atoms with van der Waals surface area (Å²) in [4.78, 5) is 22.9. The van der Waals surface area contributed by atoms with Crippen LogP contribution in [0.5, 0.6) is 5.75 Å². The van der Waals surface area contributed by atoms with Crippen LogP contribution in [-0.2, 0) is 0 Å². The molecule has 0 amide bonds. The quantitative estimate of drug-likeness (QED) is 0.724. The van der Waals surface area contributed by atoms with E-state index in [4.69, 9.17) is 19.5 Å². The van der Waals surface area contributed by atoms with Crippen molar-refractivity contribution in [2.75, 3.05) is 6.61 Å². The summed E-state index contributed by atoms with van der Waals surface area (Å²) in [5.74, 6) is 2.78. The number of fused-ring (bicyclic) bond motifs is 1. The number of hydrogen-bond acceptors (Lipinski definition) is 6. The Morgan fingerprint density at radius 1 is 1.36 bits per heavy atom. The van der Waals surface area contributed by atoms with Gasteiger partial charge in [0, 0.05) is 6.07 Å². The molecule has 0 radical (unpaired) electrons. The maximum Gasteiger partial charge on any atom is 0.371 e. The van der Waals surface area contributed by atoms with Gasteiger partial charge in [0.2, 0.25) is 5.76 Å². The lowest BCUT2D eigenvalue weighted by Gasteiger charge is -2.10. The van der Waals surface area contributed by atoms with Crippen LogP contribution in [0.2, 0.25) is 0 Å². The summed E-state index contributed by atoms with van der Waals surface area (Å²) in [6.07, 6.45) is 0.870. The first kappa shape index (κ1) is 17.7. The largest absolute Gasteiger partial charge is 0.493 e. The smallest absolute Gasteiger partial charge is 0.371 e. The van der Waals surface area contributed by atoms with Crippen LogP contribution in [0, 0.1) is 5.92 Å². The van der Waals surface area contributed by atoms with Gasteiger partial charge < -0.3 is 19.5 Å². The monoisotopic (exact) mass is 309 g/mol. The Kier molecular flexibility index (Phi) is 6.55. The molecule has 0 atom stereocenters. The first-order valence-corrected chi connectivity index (χ1v) is 6.68. The van der Waals surface area contributed by atoms with E-state index in [1.165, 1.54) is 0 Å². The van der Waals surface area contributed by atoms with Crippen molar-refractivity contribution in [2.24, 2.45) is 11.8 Å². The fraction of sp³-hybridized carbons (Fsp3) is 0.333. The van der Waals surface area contributed by atoms with E-state index >= 15 is 0 Å². The lowest BCUT2D eigenvalue weighted by atomic mass is 10.1. The predicted octanol–water partition coefficient (Wildman–Crippen LogP) is 2.25. The van der Waals surface area contributed by atoms with Crippen LogP contribution in [0.4, 0.5) is 0 Å². The molecule has 7 nitrogen and oxygen atoms in total. The summed E-state index contributed by atoms with van der Waals surface area (Å²) in [5, 5.41) is 15.7. The minimum Gasteiger partial charge on any atom is -0.493 e. The number of carbonyl (C=O) groups is 1. The molecule has 0 aliphatic rings. The molecule has 0 spiro atoms. The van der Waals surface area contributed by atoms with Gasteiger partial charge in [-0.15, -0.1) is 0 Å². The van der Waals surface area contributed by atoms with Crippen molar-refractivity contribution in [3.63, 3.8) is 0 Å². The molecule has 7 heteroatoms. The Balaban J connectivity index is 0.00000116. The van der Waals surface area contributed by atoms with Crippen molar-refractivity contribution in [3.05, 3.63) is 40.2 Å². The van der Waals surface area contributed by atoms with Gasteiger partial charge in [-0.2, -0.15) is 0 Å². The molecule has 0 saturated heterocycles. The Morgan fingerprint density at radius 2 is 2.05 bits per heavy atom. The van der Waals surface area contributed by atoms with Gasteiger partial charge in [0.05, 0.1) is 6.61 Å². The number of carboxylic acid groups (broad SMARTS) is 1. The normalized spacial score (nSPS) is 10.2. The van der Waals surface area contributed by atoms with Crippen molar-refractivity contribution in [3.8, 4) is 5.75 Å². The van der Waals surface area contributed by atoms with Crippen LogP contribution in [0.3, 0.4) is 0 Å². The summed E-state index contributed by atoms with van der Waals surface area (Å²) in [7, 11) is 0. The second-order valence-electron chi connectivity index (χ2n) is 4.94. The van der Waals surface area contributed by atoms with Crippen molar-refractivity contribution in [1.29, 1.82) is 0 Å². The third-order valence-electron chi connectivity index (χ3n) is 2.88. The summed E-state index contributed by atoms with van der Waals surface area (Å²) in [6, 6.07) is 5.88. The van der Waals surface area contributed by atoms with Gasteiger partial charge in [0.1, 0.15) is 16.7 Å². The van der Waals surface area contributed by atoms with Gasteiger partial charge in [-0.25, -0.2) is 10.7 Å². The Labute approximate surface area is 126 Å². The van der Waals surface area contributed by atoms with E-state index in [0.29, 0.717) is 18.3 Å². The molecule has 0 aliphatic carbocycles. The van der Waals surface area contributed by atoms with Gasteiger partial charge >= 0.3 is 5.97 Å². The minimum atomic E-state index is -1.27. The molecule has 0 saturated carbocycles. The van der Waals surface area contributed by atoms with Gasteiger partial charge in [-0.3, -0.25) is 4.79 Å². The topological polar surface area (TPSA) is 123 Å². The predicted molar refractivity (Wildman–Crippen MR) is 80.4 cm³/mol. The fourth-order valence-electron chi connectivity index (χ4n) is 1.81. The van der Waals surface area contributed by atoms with E-state index in [-0.39, 0.29) is 16.7 Å². The van der Waals surface area contributed by atoms with E-state index in [1.807, 2.05) is 0 Å². The number of carboxylic acids is 1. The van der Waals surface area contributed by atoms with E-state index in [9.17, 15) is 9.59 Å². The summed E-state index contributed by atoms with van der Waals surface area (Å²) in [5.41, 5.74) is -0.194. The van der Waals surface area contributed by atoms with Gasteiger partial charge in [0.15, 0.2) is 5.43 Å². The maximum absolute atomic E-state index is 12.0. The Bertz CT molecular complexity index is 692. The van der Waals surface area contributed by atoms with E-state index in [0.717, 1.165) is 12.5 Å². The average Bonchev–Trinajstić information content (AvgIpc) is 2.48. The number of hydrogen-bond donors (Lipinski definition) is 3. The number of nitrogens with two attached hydrogens (primary N) is 1. The van der Waals surface area contributed by atoms with E-state index < -0.39 is 11.4 Å². The molecule has 0 fully saturated rings. The molecule has 2 aromatic rings. The molecule has 0 unspecified atom stereocenters. The van der Waals surface area contributed by atoms with Crippen LogP contribution >= 0.6 is 0 Å². The Hall–Kier alpha value is -2.38. The molecule has 1 heterocycles. The van der Waals surface area contributed by atoms with E-state index in [2.05, 4.69) is 19.7 Å². The zero-order chi connectivity index (χ0) is 16.7. The van der Waals surface area contributed by atoms with Gasteiger partial charge in [-0.05, 0) is 24.5 Å². The zero-order valence-electron chi connectivity index (χ0n) is 12.4. The number of rotatable bonds is 5. The highest BCUT2D eigenvalue weighted by Gasteiger charge is 2.14. The lowest BCUT2D eigenvalue weighted by molar-refractivity contribution is 0.0663. The van der Waals surface area contributed by atoms with Crippen molar-refractivity contribution < 1.29 is 24.3 Å². The van der Waals surface area contributed by atoms with Crippen LogP contribution in [-0.4, -0.2) is 22.9 Å². The maximum atomic E-state index is 12.0. The molecule has 2 rings (SSSR count). The molecule has 22 heavy (non-hydrogen) atoms. The molecule has 1 aromatic carbocycles. The summed E-state index contributed by atoms with van der Waals surface area (Å²) in [6.45, 7) is 4.66. The number of benzene rings is 1. The number of ether oxygens (including phenoxy) is 1. The highest BCUT2D eigenvalue weighted by Crippen LogP contribution is 2.23. The number of aromatic carboxylic acids is 1. The van der Waals surface area contributed by atoms with Crippen molar-refractivity contribution in [1.82, 2.24) is 0 Å².